The van der Waals surface area contributed by atoms with Gasteiger partial charge in [0, 0.05) is 37.6 Å². The summed E-state index contributed by atoms with van der Waals surface area (Å²) in [5.74, 6) is 0.233. The third-order valence-corrected chi connectivity index (χ3v) is 4.61. The van der Waals surface area contributed by atoms with Gasteiger partial charge in [-0.15, -0.1) is 0 Å². The van der Waals surface area contributed by atoms with E-state index < -0.39 is 0 Å². The molecule has 0 bridgehead atoms. The Hall–Kier alpha value is -2.86. The number of guanidine groups is 1. The van der Waals surface area contributed by atoms with Crippen LogP contribution in [0.5, 0.6) is 0 Å². The highest BCUT2D eigenvalue weighted by Crippen LogP contribution is 2.15. The maximum atomic E-state index is 12.8. The number of carbonyl (C=O) groups is 1. The zero-order valence-electron chi connectivity index (χ0n) is 16.7. The molecule has 0 radical (unpaired) electrons. The fourth-order valence-electron chi connectivity index (χ4n) is 3.06. The second-order valence-electron chi connectivity index (χ2n) is 7.22. The predicted octanol–water partition coefficient (Wildman–Crippen LogP) is 3.44. The zero-order valence-corrected chi connectivity index (χ0v) is 16.7. The van der Waals surface area contributed by atoms with Crippen LogP contribution in [0.2, 0.25) is 0 Å². The Bertz CT molecular complexity index is 842. The number of ether oxygens (including phenoxy) is 1. The smallest absolute Gasteiger partial charge is 0.258 e. The van der Waals surface area contributed by atoms with Crippen molar-refractivity contribution >= 4 is 23.2 Å². The number of nitrogens with one attached hydrogen (secondary N) is 2. The molecule has 6 heteroatoms. The van der Waals surface area contributed by atoms with Crippen LogP contribution in [0.3, 0.4) is 0 Å². The number of aliphatic imine (C=N–C) groups is 1. The average Bonchev–Trinajstić information content (AvgIpc) is 3.20. The molecule has 2 aromatic carbocycles. The normalized spacial score (nSPS) is 16.7. The van der Waals surface area contributed by atoms with Gasteiger partial charge in [-0.05, 0) is 55.7 Å². The number of anilines is 2. The van der Waals surface area contributed by atoms with Crippen LogP contribution in [-0.4, -0.2) is 45.2 Å². The standard InChI is InChI=1S/C22H28N4O2/c1-16-7-4-9-18(13-16)24-22(23-15-20-11-6-12-28-20)25-21(27)17-8-5-10-19(14-17)26(2)3/h4-5,7-10,13-14,20H,6,11-12,15H2,1-3H3,(H2,23,24,25,27)/t20-/m1/s1. The van der Waals surface area contributed by atoms with Crippen LogP contribution >= 0.6 is 0 Å². The minimum atomic E-state index is -0.199. The molecule has 3 rings (SSSR count). The van der Waals surface area contributed by atoms with Gasteiger partial charge >= 0.3 is 0 Å². The molecule has 2 aromatic rings. The van der Waals surface area contributed by atoms with E-state index in [0.717, 1.165) is 36.4 Å². The van der Waals surface area contributed by atoms with Crippen molar-refractivity contribution in [3.8, 4) is 0 Å². The summed E-state index contributed by atoms with van der Waals surface area (Å²) in [7, 11) is 3.90. The molecule has 0 aromatic heterocycles. The van der Waals surface area contributed by atoms with Crippen molar-refractivity contribution in [2.24, 2.45) is 4.99 Å². The number of carbonyl (C=O) groups excluding carboxylic acids is 1. The summed E-state index contributed by atoms with van der Waals surface area (Å²) < 4.78 is 5.65. The molecular formula is C22H28N4O2. The second-order valence-corrected chi connectivity index (χ2v) is 7.22. The molecule has 1 fully saturated rings. The summed E-state index contributed by atoms with van der Waals surface area (Å²) in [4.78, 5) is 19.4. The van der Waals surface area contributed by atoms with Crippen LogP contribution in [0, 0.1) is 6.92 Å². The number of amides is 1. The highest BCUT2D eigenvalue weighted by atomic mass is 16.5. The number of nitrogens with zero attached hydrogens (tertiary/aromatic N) is 2. The summed E-state index contributed by atoms with van der Waals surface area (Å²) >= 11 is 0. The number of benzene rings is 2. The summed E-state index contributed by atoms with van der Waals surface area (Å²) in [6.07, 6.45) is 2.17. The van der Waals surface area contributed by atoms with Crippen molar-refractivity contribution in [1.82, 2.24) is 5.32 Å². The quantitative estimate of drug-likeness (QED) is 0.616. The summed E-state index contributed by atoms with van der Waals surface area (Å²) in [5.41, 5.74) is 3.57. The van der Waals surface area contributed by atoms with Gasteiger partial charge in [-0.2, -0.15) is 0 Å². The van der Waals surface area contributed by atoms with Crippen LogP contribution in [-0.2, 0) is 4.74 Å². The van der Waals surface area contributed by atoms with Crippen molar-refractivity contribution in [2.75, 3.05) is 37.5 Å². The first-order valence-corrected chi connectivity index (χ1v) is 9.60. The topological polar surface area (TPSA) is 66.0 Å². The van der Waals surface area contributed by atoms with E-state index >= 15 is 0 Å². The van der Waals surface area contributed by atoms with Gasteiger partial charge in [0.2, 0.25) is 5.96 Å². The van der Waals surface area contributed by atoms with Crippen molar-refractivity contribution in [1.29, 1.82) is 0 Å². The Labute approximate surface area is 166 Å². The molecule has 0 unspecified atom stereocenters. The van der Waals surface area contributed by atoms with E-state index in [4.69, 9.17) is 4.74 Å². The van der Waals surface area contributed by atoms with Crippen molar-refractivity contribution in [3.63, 3.8) is 0 Å². The lowest BCUT2D eigenvalue weighted by Gasteiger charge is -2.15. The van der Waals surface area contributed by atoms with Gasteiger partial charge in [-0.1, -0.05) is 18.2 Å². The second kappa shape index (κ2) is 9.37. The van der Waals surface area contributed by atoms with Gasteiger partial charge < -0.3 is 15.0 Å². The predicted molar refractivity (Wildman–Crippen MR) is 114 cm³/mol. The van der Waals surface area contributed by atoms with Gasteiger partial charge in [0.15, 0.2) is 0 Å². The van der Waals surface area contributed by atoms with Crippen LogP contribution in [0.25, 0.3) is 0 Å². The third-order valence-electron chi connectivity index (χ3n) is 4.61. The van der Waals surface area contributed by atoms with Crippen LogP contribution in [0.15, 0.2) is 53.5 Å². The number of hydrogen-bond acceptors (Lipinski definition) is 4. The van der Waals surface area contributed by atoms with Gasteiger partial charge in [0.05, 0.1) is 12.6 Å². The van der Waals surface area contributed by atoms with Crippen molar-refractivity contribution in [3.05, 3.63) is 59.7 Å². The van der Waals surface area contributed by atoms with E-state index in [2.05, 4.69) is 15.6 Å². The van der Waals surface area contributed by atoms with E-state index in [-0.39, 0.29) is 12.0 Å². The largest absolute Gasteiger partial charge is 0.378 e. The molecule has 1 aliphatic rings. The number of aryl methyl sites for hydroxylation is 1. The molecule has 2 N–H and O–H groups in total. The maximum Gasteiger partial charge on any atom is 0.258 e. The van der Waals surface area contributed by atoms with E-state index in [0.29, 0.717) is 18.1 Å². The van der Waals surface area contributed by atoms with Crippen molar-refractivity contribution in [2.45, 2.75) is 25.9 Å². The summed E-state index contributed by atoms with van der Waals surface area (Å²) in [6.45, 7) is 3.33. The molecule has 0 saturated carbocycles. The molecule has 6 nitrogen and oxygen atoms in total. The Balaban J connectivity index is 1.76. The van der Waals surface area contributed by atoms with Crippen molar-refractivity contribution < 1.29 is 9.53 Å². The van der Waals surface area contributed by atoms with Gasteiger partial charge in [-0.25, -0.2) is 4.99 Å². The van der Waals surface area contributed by atoms with E-state index in [1.807, 2.05) is 68.4 Å². The molecule has 1 amide bonds. The van der Waals surface area contributed by atoms with Gasteiger partial charge in [-0.3, -0.25) is 10.1 Å². The van der Waals surface area contributed by atoms with Gasteiger partial charge in [0.25, 0.3) is 5.91 Å². The highest BCUT2D eigenvalue weighted by molar-refractivity contribution is 6.10. The molecule has 28 heavy (non-hydrogen) atoms. The Morgan fingerprint density at radius 3 is 2.75 bits per heavy atom. The summed E-state index contributed by atoms with van der Waals surface area (Å²) in [6, 6.07) is 15.5. The molecule has 1 aliphatic heterocycles. The maximum absolute atomic E-state index is 12.8. The Morgan fingerprint density at radius 2 is 2.04 bits per heavy atom. The first-order chi connectivity index (χ1) is 13.5. The number of hydrogen-bond donors (Lipinski definition) is 2. The molecule has 1 atom stereocenters. The van der Waals surface area contributed by atoms with E-state index in [1.165, 1.54) is 0 Å². The minimum Gasteiger partial charge on any atom is -0.378 e. The molecule has 1 heterocycles. The lowest BCUT2D eigenvalue weighted by Crippen LogP contribution is -2.36. The van der Waals surface area contributed by atoms with Crippen LogP contribution in [0.4, 0.5) is 11.4 Å². The molecule has 148 valence electrons. The van der Waals surface area contributed by atoms with E-state index in [9.17, 15) is 4.79 Å². The lowest BCUT2D eigenvalue weighted by atomic mass is 10.2. The first kappa shape index (κ1) is 19.9. The zero-order chi connectivity index (χ0) is 19.9. The molecule has 0 spiro atoms. The molecule has 0 aliphatic carbocycles. The highest BCUT2D eigenvalue weighted by Gasteiger charge is 2.16. The lowest BCUT2D eigenvalue weighted by molar-refractivity contribution is 0.0975. The SMILES string of the molecule is Cc1cccc(NC(=NC[C@H]2CCCO2)NC(=O)c2cccc(N(C)C)c2)c1. The minimum absolute atomic E-state index is 0.114. The third kappa shape index (κ3) is 5.57. The Morgan fingerprint density at radius 1 is 1.21 bits per heavy atom. The van der Waals surface area contributed by atoms with Gasteiger partial charge in [0.1, 0.15) is 0 Å². The van der Waals surface area contributed by atoms with Crippen LogP contribution < -0.4 is 15.5 Å². The fourth-order valence-corrected chi connectivity index (χ4v) is 3.06. The number of rotatable bonds is 5. The first-order valence-electron chi connectivity index (χ1n) is 9.60. The molecular weight excluding hydrogens is 352 g/mol. The molecule has 1 saturated heterocycles. The van der Waals surface area contributed by atoms with E-state index in [1.54, 1.807) is 6.07 Å². The summed E-state index contributed by atoms with van der Waals surface area (Å²) in [5, 5.41) is 6.15. The Kier molecular flexibility index (Phi) is 6.66. The fraction of sp³-hybridized carbons (Fsp3) is 0.364. The van der Waals surface area contributed by atoms with Crippen LogP contribution in [0.1, 0.15) is 28.8 Å². The monoisotopic (exact) mass is 380 g/mol. The average molecular weight is 380 g/mol.